The number of hydrogen-bond donors (Lipinski definition) is 1. The first-order valence-electron chi connectivity index (χ1n) is 6.27. The molecule has 1 aliphatic rings. The topological polar surface area (TPSA) is 42.0 Å². The summed E-state index contributed by atoms with van der Waals surface area (Å²) in [4.78, 5) is 16.2. The summed E-state index contributed by atoms with van der Waals surface area (Å²) in [7, 11) is 0. The summed E-state index contributed by atoms with van der Waals surface area (Å²) >= 11 is 7.19. The van der Waals surface area contributed by atoms with Crippen LogP contribution in [0.4, 0.5) is 0 Å². The molecule has 18 heavy (non-hydrogen) atoms. The van der Waals surface area contributed by atoms with Gasteiger partial charge in [-0.05, 0) is 24.7 Å². The van der Waals surface area contributed by atoms with Gasteiger partial charge in [-0.15, -0.1) is 22.9 Å². The molecule has 1 aromatic rings. The van der Waals surface area contributed by atoms with Gasteiger partial charge in [-0.25, -0.2) is 4.98 Å². The summed E-state index contributed by atoms with van der Waals surface area (Å²) in [5.74, 6) is 0.489. The monoisotopic (exact) mass is 286 g/mol. The molecule has 0 aliphatic heterocycles. The minimum atomic E-state index is 0.0770. The Morgan fingerprint density at radius 3 is 3.00 bits per heavy atom. The molecule has 1 amide bonds. The fourth-order valence-corrected chi connectivity index (χ4v) is 3.49. The number of nitrogens with one attached hydrogen (secondary N) is 1. The van der Waals surface area contributed by atoms with E-state index in [1.807, 2.05) is 5.38 Å². The van der Waals surface area contributed by atoms with Crippen LogP contribution < -0.4 is 5.32 Å². The molecule has 1 N–H and O–H groups in total. The average molecular weight is 287 g/mol. The fraction of sp³-hybridized carbons (Fsp3) is 0.692. The normalized spacial score (nSPS) is 22.1. The number of amides is 1. The molecular weight excluding hydrogens is 268 g/mol. The lowest BCUT2D eigenvalue weighted by molar-refractivity contribution is -0.121. The van der Waals surface area contributed by atoms with E-state index in [1.165, 1.54) is 17.8 Å². The van der Waals surface area contributed by atoms with E-state index < -0.39 is 0 Å². The Morgan fingerprint density at radius 1 is 1.67 bits per heavy atom. The average Bonchev–Trinajstić information content (AvgIpc) is 2.85. The van der Waals surface area contributed by atoms with Crippen LogP contribution in [0, 0.1) is 5.41 Å². The Bertz CT molecular complexity index is 430. The van der Waals surface area contributed by atoms with Gasteiger partial charge in [0, 0.05) is 11.4 Å². The van der Waals surface area contributed by atoms with Crippen molar-refractivity contribution in [2.45, 2.75) is 51.5 Å². The first kappa shape index (κ1) is 13.8. The highest BCUT2D eigenvalue weighted by Crippen LogP contribution is 2.36. The van der Waals surface area contributed by atoms with Crippen molar-refractivity contribution in [1.82, 2.24) is 10.3 Å². The first-order valence-corrected chi connectivity index (χ1v) is 7.68. The summed E-state index contributed by atoms with van der Waals surface area (Å²) in [5, 5.41) is 5.86. The molecule has 2 rings (SSSR count). The van der Waals surface area contributed by atoms with Crippen molar-refractivity contribution in [2.75, 3.05) is 0 Å². The van der Waals surface area contributed by atoms with Gasteiger partial charge < -0.3 is 5.32 Å². The summed E-state index contributed by atoms with van der Waals surface area (Å²) in [6.07, 6.45) is 3.72. The minimum absolute atomic E-state index is 0.0770. The van der Waals surface area contributed by atoms with Crippen LogP contribution in [-0.2, 0) is 17.1 Å². The Morgan fingerprint density at radius 2 is 2.44 bits per heavy atom. The number of aromatic nitrogens is 1. The molecule has 0 spiro atoms. The lowest BCUT2D eigenvalue weighted by Gasteiger charge is -2.17. The number of rotatable bonds is 4. The third-order valence-corrected chi connectivity index (χ3v) is 4.55. The highest BCUT2D eigenvalue weighted by atomic mass is 35.5. The molecule has 1 aliphatic carbocycles. The lowest BCUT2D eigenvalue weighted by Crippen LogP contribution is -2.34. The Hall–Kier alpha value is -0.610. The molecule has 0 radical (unpaired) electrons. The number of hydrogen-bond acceptors (Lipinski definition) is 3. The third kappa shape index (κ3) is 3.69. The molecule has 1 heterocycles. The zero-order chi connectivity index (χ0) is 13.2. The smallest absolute Gasteiger partial charge is 0.227 e. The summed E-state index contributed by atoms with van der Waals surface area (Å²) in [6, 6.07) is 0.333. The maximum Gasteiger partial charge on any atom is 0.227 e. The Kier molecular flexibility index (Phi) is 4.28. The summed E-state index contributed by atoms with van der Waals surface area (Å²) in [6.45, 7) is 4.51. The van der Waals surface area contributed by atoms with Crippen molar-refractivity contribution in [3.63, 3.8) is 0 Å². The predicted molar refractivity (Wildman–Crippen MR) is 74.9 cm³/mol. The van der Waals surface area contributed by atoms with Crippen molar-refractivity contribution < 1.29 is 4.79 Å². The number of halogens is 1. The van der Waals surface area contributed by atoms with Crippen LogP contribution in [0.2, 0.25) is 0 Å². The van der Waals surface area contributed by atoms with Crippen molar-refractivity contribution in [2.24, 2.45) is 5.41 Å². The zero-order valence-electron chi connectivity index (χ0n) is 10.8. The molecule has 0 aromatic carbocycles. The number of nitrogens with zero attached hydrogens (tertiary/aromatic N) is 1. The van der Waals surface area contributed by atoms with Crippen molar-refractivity contribution >= 4 is 28.8 Å². The highest BCUT2D eigenvalue weighted by Gasteiger charge is 2.31. The van der Waals surface area contributed by atoms with Gasteiger partial charge in [-0.3, -0.25) is 4.79 Å². The van der Waals surface area contributed by atoms with Crippen LogP contribution in [0.5, 0.6) is 0 Å². The molecule has 3 nitrogen and oxygen atoms in total. The van der Waals surface area contributed by atoms with E-state index in [0.29, 0.717) is 23.8 Å². The van der Waals surface area contributed by atoms with Gasteiger partial charge in [0.1, 0.15) is 5.01 Å². The molecule has 1 unspecified atom stereocenters. The maximum atomic E-state index is 11.9. The summed E-state index contributed by atoms with van der Waals surface area (Å²) < 4.78 is 0. The molecule has 0 bridgehead atoms. The Labute approximate surface area is 117 Å². The van der Waals surface area contributed by atoms with E-state index in [1.54, 1.807) is 0 Å². The van der Waals surface area contributed by atoms with Gasteiger partial charge in [-0.2, -0.15) is 0 Å². The highest BCUT2D eigenvalue weighted by molar-refractivity contribution is 7.09. The number of thiazole rings is 1. The van der Waals surface area contributed by atoms with Gasteiger partial charge in [0.15, 0.2) is 0 Å². The lowest BCUT2D eigenvalue weighted by atomic mass is 9.92. The standard InChI is InChI=1S/C13H19ClN2OS/c1-13(2)4-3-9(6-13)15-11(17)5-12-16-10(7-14)8-18-12/h8-9H,3-7H2,1-2H3,(H,15,17). The van der Waals surface area contributed by atoms with E-state index in [0.717, 1.165) is 23.5 Å². The van der Waals surface area contributed by atoms with Crippen LogP contribution in [0.15, 0.2) is 5.38 Å². The molecule has 0 saturated heterocycles. The number of carbonyl (C=O) groups is 1. The molecule has 1 fully saturated rings. The third-order valence-electron chi connectivity index (χ3n) is 3.38. The molecular formula is C13H19ClN2OS. The predicted octanol–water partition coefficient (Wildman–Crippen LogP) is 3.12. The number of alkyl halides is 1. The van der Waals surface area contributed by atoms with Crippen LogP contribution in [-0.4, -0.2) is 16.9 Å². The minimum Gasteiger partial charge on any atom is -0.353 e. The second-order valence-corrected chi connectivity index (χ2v) is 6.92. The van der Waals surface area contributed by atoms with E-state index >= 15 is 0 Å². The molecule has 1 atom stereocenters. The van der Waals surface area contributed by atoms with Gasteiger partial charge >= 0.3 is 0 Å². The van der Waals surface area contributed by atoms with E-state index in [9.17, 15) is 4.79 Å². The fourth-order valence-electron chi connectivity index (χ4n) is 2.47. The van der Waals surface area contributed by atoms with Crippen LogP contribution in [0.3, 0.4) is 0 Å². The SMILES string of the molecule is CC1(C)CCC(NC(=O)Cc2nc(CCl)cs2)C1. The van der Waals surface area contributed by atoms with Crippen molar-refractivity contribution in [3.8, 4) is 0 Å². The van der Waals surface area contributed by atoms with Gasteiger partial charge in [0.25, 0.3) is 0 Å². The number of carbonyl (C=O) groups excluding carboxylic acids is 1. The van der Waals surface area contributed by atoms with Gasteiger partial charge in [0.2, 0.25) is 5.91 Å². The van der Waals surface area contributed by atoms with Crippen molar-refractivity contribution in [1.29, 1.82) is 0 Å². The second kappa shape index (κ2) is 5.57. The van der Waals surface area contributed by atoms with Crippen molar-refractivity contribution in [3.05, 3.63) is 16.1 Å². The molecule has 1 aromatic heterocycles. The first-order chi connectivity index (χ1) is 8.48. The van der Waals surface area contributed by atoms with E-state index in [-0.39, 0.29) is 5.91 Å². The van der Waals surface area contributed by atoms with Crippen LogP contribution >= 0.6 is 22.9 Å². The Balaban J connectivity index is 1.82. The largest absolute Gasteiger partial charge is 0.353 e. The van der Waals surface area contributed by atoms with Gasteiger partial charge in [0.05, 0.1) is 18.0 Å². The van der Waals surface area contributed by atoms with Crippen LogP contribution in [0.25, 0.3) is 0 Å². The van der Waals surface area contributed by atoms with Crippen LogP contribution in [0.1, 0.15) is 43.8 Å². The van der Waals surface area contributed by atoms with Gasteiger partial charge in [-0.1, -0.05) is 13.8 Å². The quantitative estimate of drug-likeness (QED) is 0.864. The molecule has 100 valence electrons. The maximum absolute atomic E-state index is 11.9. The molecule has 1 saturated carbocycles. The van der Waals surface area contributed by atoms with E-state index in [2.05, 4.69) is 24.1 Å². The second-order valence-electron chi connectivity index (χ2n) is 5.71. The molecule has 5 heteroatoms. The van der Waals surface area contributed by atoms with E-state index in [4.69, 9.17) is 11.6 Å². The summed E-state index contributed by atoms with van der Waals surface area (Å²) in [5.41, 5.74) is 1.22. The zero-order valence-corrected chi connectivity index (χ0v) is 12.4.